The number of hydrogen-bond acceptors (Lipinski definition) is 6. The topological polar surface area (TPSA) is 99.7 Å². The second-order valence-electron chi connectivity index (χ2n) is 7.00. The van der Waals surface area contributed by atoms with Crippen molar-refractivity contribution in [2.75, 3.05) is 31.6 Å². The average molecular weight is 441 g/mol. The van der Waals surface area contributed by atoms with Gasteiger partial charge in [-0.05, 0) is 30.3 Å². The smallest absolute Gasteiger partial charge is 0.264 e. The Morgan fingerprint density at radius 2 is 1.74 bits per heavy atom. The molecule has 2 N–H and O–H groups in total. The lowest BCUT2D eigenvalue weighted by molar-refractivity contribution is 0.365. The van der Waals surface area contributed by atoms with E-state index >= 15 is 0 Å². The number of pyridine rings is 1. The van der Waals surface area contributed by atoms with E-state index in [-0.39, 0.29) is 23.9 Å². The summed E-state index contributed by atoms with van der Waals surface area (Å²) in [6.07, 6.45) is 0. The number of anilines is 1. The van der Waals surface area contributed by atoms with E-state index in [9.17, 15) is 8.42 Å². The molecule has 2 aromatic carbocycles. The summed E-state index contributed by atoms with van der Waals surface area (Å²) in [6.45, 7) is 0.200. The summed E-state index contributed by atoms with van der Waals surface area (Å²) in [6, 6.07) is 16.2. The molecule has 0 unspecified atom stereocenters. The molecule has 0 aliphatic heterocycles. The molecule has 4 rings (SSSR count). The number of hydrogen-bond donors (Lipinski definition) is 1. The Hall–Kier alpha value is -3.30. The van der Waals surface area contributed by atoms with Crippen LogP contribution >= 0.6 is 0 Å². The zero-order chi connectivity index (χ0) is 22.2. The van der Waals surface area contributed by atoms with Gasteiger partial charge in [0.05, 0.1) is 19.1 Å². The van der Waals surface area contributed by atoms with Gasteiger partial charge in [-0.15, -0.1) is 0 Å². The van der Waals surface area contributed by atoms with Crippen molar-refractivity contribution < 1.29 is 17.9 Å². The summed E-state index contributed by atoms with van der Waals surface area (Å²) in [5, 5.41) is 1.86. The summed E-state index contributed by atoms with van der Waals surface area (Å²) in [5.74, 6) is 0.463. The van der Waals surface area contributed by atoms with Crippen LogP contribution in [0, 0.1) is 0 Å². The van der Waals surface area contributed by atoms with Gasteiger partial charge < -0.3 is 19.8 Å². The van der Waals surface area contributed by atoms with Crippen molar-refractivity contribution in [3.63, 3.8) is 0 Å². The highest BCUT2D eigenvalue weighted by Crippen LogP contribution is 2.35. The first-order chi connectivity index (χ1) is 14.9. The molecular formula is C22H24N4O4S. The van der Waals surface area contributed by atoms with E-state index in [2.05, 4.69) is 9.55 Å². The zero-order valence-electron chi connectivity index (χ0n) is 17.6. The summed E-state index contributed by atoms with van der Waals surface area (Å²) in [4.78, 5) is 4.39. The standard InChI is InChI=1S/C22H24N4O4S/c1-25-18-7-5-4-6-16(18)17-14-15(8-9-19(17)25)31(27,28)26(13-12-23)20-10-11-21(29-2)24-22(20)30-3/h4-11,14H,12-13,23H2,1-3H3. The molecule has 0 aliphatic rings. The molecule has 31 heavy (non-hydrogen) atoms. The number of aryl methyl sites for hydroxylation is 1. The quantitative estimate of drug-likeness (QED) is 0.474. The van der Waals surface area contributed by atoms with Gasteiger partial charge in [-0.1, -0.05) is 18.2 Å². The molecular weight excluding hydrogens is 416 g/mol. The van der Waals surface area contributed by atoms with Gasteiger partial charge in [-0.2, -0.15) is 4.98 Å². The van der Waals surface area contributed by atoms with Crippen molar-refractivity contribution >= 4 is 37.5 Å². The van der Waals surface area contributed by atoms with Crippen LogP contribution in [-0.4, -0.2) is 45.3 Å². The molecule has 162 valence electrons. The Bertz CT molecular complexity index is 1360. The van der Waals surface area contributed by atoms with Crippen LogP contribution in [0.5, 0.6) is 11.8 Å². The minimum atomic E-state index is -3.94. The molecule has 0 bridgehead atoms. The van der Waals surface area contributed by atoms with Crippen LogP contribution in [0.15, 0.2) is 59.5 Å². The van der Waals surface area contributed by atoms with Crippen LogP contribution in [-0.2, 0) is 17.1 Å². The van der Waals surface area contributed by atoms with E-state index < -0.39 is 10.0 Å². The Morgan fingerprint density at radius 3 is 2.45 bits per heavy atom. The first-order valence-corrected chi connectivity index (χ1v) is 11.2. The van der Waals surface area contributed by atoms with Crippen molar-refractivity contribution in [3.8, 4) is 11.8 Å². The van der Waals surface area contributed by atoms with Crippen LogP contribution in [0.2, 0.25) is 0 Å². The maximum atomic E-state index is 13.7. The number of aromatic nitrogens is 2. The predicted molar refractivity (Wildman–Crippen MR) is 121 cm³/mol. The molecule has 2 heterocycles. The van der Waals surface area contributed by atoms with E-state index in [1.165, 1.54) is 18.5 Å². The van der Waals surface area contributed by atoms with Gasteiger partial charge in [-0.3, -0.25) is 4.31 Å². The predicted octanol–water partition coefficient (Wildman–Crippen LogP) is 2.90. The largest absolute Gasteiger partial charge is 0.481 e. The Balaban J connectivity index is 1.89. The number of benzene rings is 2. The lowest BCUT2D eigenvalue weighted by atomic mass is 10.1. The van der Waals surface area contributed by atoms with E-state index in [4.69, 9.17) is 15.2 Å². The van der Waals surface area contributed by atoms with Gasteiger partial charge in [-0.25, -0.2) is 8.42 Å². The lowest BCUT2D eigenvalue weighted by Crippen LogP contribution is -2.35. The SMILES string of the molecule is COc1ccc(N(CCN)S(=O)(=O)c2ccc3c(c2)c2ccccc2n3C)c(OC)n1. The third-order valence-corrected chi connectivity index (χ3v) is 7.10. The van der Waals surface area contributed by atoms with E-state index in [1.807, 2.05) is 37.4 Å². The monoisotopic (exact) mass is 440 g/mol. The number of rotatable bonds is 7. The molecule has 0 saturated heterocycles. The molecule has 0 amide bonds. The maximum absolute atomic E-state index is 13.7. The number of nitrogens with zero attached hydrogens (tertiary/aromatic N) is 3. The number of sulfonamides is 1. The number of nitrogens with two attached hydrogens (primary N) is 1. The molecule has 9 heteroatoms. The highest BCUT2D eigenvalue weighted by atomic mass is 32.2. The van der Waals surface area contributed by atoms with Gasteiger partial charge >= 0.3 is 0 Å². The maximum Gasteiger partial charge on any atom is 0.264 e. The van der Waals surface area contributed by atoms with Crippen LogP contribution in [0.3, 0.4) is 0 Å². The lowest BCUT2D eigenvalue weighted by Gasteiger charge is -2.25. The van der Waals surface area contributed by atoms with Crippen molar-refractivity contribution in [3.05, 3.63) is 54.6 Å². The molecule has 0 radical (unpaired) electrons. The fourth-order valence-corrected chi connectivity index (χ4v) is 5.30. The van der Waals surface area contributed by atoms with Gasteiger partial charge in [0.2, 0.25) is 11.8 Å². The number of ether oxygens (including phenoxy) is 2. The Morgan fingerprint density at radius 1 is 1.00 bits per heavy atom. The van der Waals surface area contributed by atoms with Crippen molar-refractivity contribution in [1.82, 2.24) is 9.55 Å². The van der Waals surface area contributed by atoms with E-state index in [1.54, 1.807) is 24.3 Å². The fourth-order valence-electron chi connectivity index (χ4n) is 3.79. The summed E-state index contributed by atoms with van der Waals surface area (Å²) < 4.78 is 41.1. The molecule has 4 aromatic rings. The summed E-state index contributed by atoms with van der Waals surface area (Å²) in [5.41, 5.74) is 8.05. The number of fused-ring (bicyclic) bond motifs is 3. The molecule has 0 atom stereocenters. The second-order valence-corrected chi connectivity index (χ2v) is 8.87. The highest BCUT2D eigenvalue weighted by Gasteiger charge is 2.28. The highest BCUT2D eigenvalue weighted by molar-refractivity contribution is 7.92. The molecule has 0 aliphatic carbocycles. The van der Waals surface area contributed by atoms with Gasteiger partial charge in [0.15, 0.2) is 0 Å². The average Bonchev–Trinajstić information content (AvgIpc) is 3.09. The van der Waals surface area contributed by atoms with Crippen molar-refractivity contribution in [2.24, 2.45) is 12.8 Å². The molecule has 2 aromatic heterocycles. The van der Waals surface area contributed by atoms with Crippen LogP contribution in [0.1, 0.15) is 0 Å². The van der Waals surface area contributed by atoms with Crippen LogP contribution in [0.25, 0.3) is 21.8 Å². The Kier molecular flexibility index (Phi) is 5.47. The van der Waals surface area contributed by atoms with Crippen molar-refractivity contribution in [1.29, 1.82) is 0 Å². The van der Waals surface area contributed by atoms with Gasteiger partial charge in [0.1, 0.15) is 5.69 Å². The number of para-hydroxylation sites is 1. The van der Waals surface area contributed by atoms with Gasteiger partial charge in [0, 0.05) is 48.0 Å². The van der Waals surface area contributed by atoms with Crippen LogP contribution < -0.4 is 19.5 Å². The Labute approximate surface area is 180 Å². The molecule has 0 fully saturated rings. The third kappa shape index (κ3) is 3.45. The molecule has 0 saturated carbocycles. The first kappa shape index (κ1) is 21.0. The number of methoxy groups -OCH3 is 2. The molecule has 8 nitrogen and oxygen atoms in total. The first-order valence-electron chi connectivity index (χ1n) is 9.71. The summed E-state index contributed by atoms with van der Waals surface area (Å²) >= 11 is 0. The minimum absolute atomic E-state index is 0.0697. The zero-order valence-corrected chi connectivity index (χ0v) is 18.4. The molecule has 0 spiro atoms. The minimum Gasteiger partial charge on any atom is -0.481 e. The van der Waals surface area contributed by atoms with Crippen molar-refractivity contribution in [2.45, 2.75) is 4.90 Å². The van der Waals surface area contributed by atoms with Crippen LogP contribution in [0.4, 0.5) is 5.69 Å². The van der Waals surface area contributed by atoms with E-state index in [0.29, 0.717) is 11.6 Å². The van der Waals surface area contributed by atoms with Gasteiger partial charge in [0.25, 0.3) is 10.0 Å². The third-order valence-electron chi connectivity index (χ3n) is 5.29. The van der Waals surface area contributed by atoms with E-state index in [0.717, 1.165) is 21.8 Å². The second kappa shape index (κ2) is 8.09. The summed E-state index contributed by atoms with van der Waals surface area (Å²) in [7, 11) is 0.942. The normalized spacial score (nSPS) is 11.7. The fraction of sp³-hybridized carbons (Fsp3) is 0.227.